The number of carbonyl (C=O) groups excluding carboxylic acids is 1. The zero-order chi connectivity index (χ0) is 19.8. The van der Waals surface area contributed by atoms with Crippen LogP contribution in [-0.4, -0.2) is 5.97 Å². The van der Waals surface area contributed by atoms with Crippen LogP contribution in [0.1, 0.15) is 29.2 Å². The topological polar surface area (TPSA) is 66.0 Å². The highest BCUT2D eigenvalue weighted by Crippen LogP contribution is 2.16. The third-order valence-electron chi connectivity index (χ3n) is 4.47. The number of rotatable bonds is 9. The molecule has 3 aromatic rings. The van der Waals surface area contributed by atoms with E-state index < -0.39 is 5.97 Å². The Morgan fingerprint density at radius 1 is 0.964 bits per heavy atom. The summed E-state index contributed by atoms with van der Waals surface area (Å²) in [6.45, 7) is 1.05. The molecular weight excluding hydrogens is 357 g/mol. The highest BCUT2D eigenvalue weighted by atomic mass is 19.1. The zero-order valence-corrected chi connectivity index (χ0v) is 15.4. The Labute approximate surface area is 163 Å². The number of carboxylic acid groups (broad SMARTS) is 1. The first kappa shape index (κ1) is 19.6. The van der Waals surface area contributed by atoms with E-state index in [-0.39, 0.29) is 18.3 Å². The standard InChI is InChI=1S/C23H22FNO3/c24-20-11-9-19(10-12-20)22(14-23(26)27)25-15-18-7-4-8-21(13-18)28-16-17-5-2-1-3-6-17/h1-13,22,25H,14-16H2,(H,26,27). The third-order valence-corrected chi connectivity index (χ3v) is 4.47. The van der Waals surface area contributed by atoms with Crippen LogP contribution in [0.3, 0.4) is 0 Å². The fourth-order valence-electron chi connectivity index (χ4n) is 3.01. The normalized spacial score (nSPS) is 11.8. The van der Waals surface area contributed by atoms with E-state index in [1.54, 1.807) is 12.1 Å². The summed E-state index contributed by atoms with van der Waals surface area (Å²) in [6.07, 6.45) is -0.143. The fraction of sp³-hybridized carbons (Fsp3) is 0.174. The summed E-state index contributed by atoms with van der Waals surface area (Å²) in [5, 5.41) is 13.0. The van der Waals surface area contributed by atoms with Crippen LogP contribution >= 0.6 is 0 Å². The van der Waals surface area contributed by atoms with Crippen LogP contribution < -0.4 is 15.2 Å². The van der Waals surface area contributed by atoms with Gasteiger partial charge >= 0.3 is 0 Å². The maximum Gasteiger partial charge on any atom is 0.123 e. The SMILES string of the molecule is O=C([O-])CC([NH2+]Cc1cccc(OCc2ccccc2)c1)c1ccc(F)cc1. The number of carbonyl (C=O) groups is 1. The lowest BCUT2D eigenvalue weighted by Gasteiger charge is -2.17. The predicted molar refractivity (Wildman–Crippen MR) is 102 cm³/mol. The van der Waals surface area contributed by atoms with Crippen molar-refractivity contribution in [2.45, 2.75) is 25.6 Å². The van der Waals surface area contributed by atoms with Crippen LogP contribution in [0.25, 0.3) is 0 Å². The molecule has 0 heterocycles. The molecule has 2 N–H and O–H groups in total. The molecule has 4 nitrogen and oxygen atoms in total. The molecule has 0 aliphatic rings. The summed E-state index contributed by atoms with van der Waals surface area (Å²) in [6, 6.07) is 23.2. The van der Waals surface area contributed by atoms with Gasteiger partial charge in [0.2, 0.25) is 0 Å². The van der Waals surface area contributed by atoms with Gasteiger partial charge in [0.25, 0.3) is 0 Å². The van der Waals surface area contributed by atoms with Gasteiger partial charge in [-0.1, -0.05) is 54.6 Å². The molecule has 0 aromatic heterocycles. The van der Waals surface area contributed by atoms with E-state index in [1.165, 1.54) is 12.1 Å². The van der Waals surface area contributed by atoms with Crippen molar-refractivity contribution in [1.29, 1.82) is 0 Å². The van der Waals surface area contributed by atoms with Gasteiger partial charge < -0.3 is 20.0 Å². The number of aliphatic carboxylic acids is 1. The second-order valence-corrected chi connectivity index (χ2v) is 6.60. The Bertz CT molecular complexity index is 897. The van der Waals surface area contributed by atoms with Gasteiger partial charge in [0.15, 0.2) is 0 Å². The third kappa shape index (κ3) is 5.93. The minimum absolute atomic E-state index is 0.143. The minimum atomic E-state index is -1.13. The summed E-state index contributed by atoms with van der Waals surface area (Å²) in [4.78, 5) is 11.1. The lowest BCUT2D eigenvalue weighted by molar-refractivity contribution is -0.711. The first-order valence-corrected chi connectivity index (χ1v) is 9.14. The highest BCUT2D eigenvalue weighted by molar-refractivity contribution is 5.65. The molecule has 144 valence electrons. The molecule has 3 rings (SSSR count). The van der Waals surface area contributed by atoms with Gasteiger partial charge in [-0.15, -0.1) is 0 Å². The Morgan fingerprint density at radius 2 is 1.68 bits per heavy atom. The molecule has 0 fully saturated rings. The molecule has 0 spiro atoms. The average molecular weight is 379 g/mol. The van der Waals surface area contributed by atoms with Crippen molar-refractivity contribution in [1.82, 2.24) is 0 Å². The molecule has 28 heavy (non-hydrogen) atoms. The minimum Gasteiger partial charge on any atom is -0.550 e. The summed E-state index contributed by atoms with van der Waals surface area (Å²) in [7, 11) is 0. The lowest BCUT2D eigenvalue weighted by Crippen LogP contribution is -2.84. The van der Waals surface area contributed by atoms with Crippen LogP contribution in [0.5, 0.6) is 5.75 Å². The van der Waals surface area contributed by atoms with Crippen LogP contribution in [0, 0.1) is 5.82 Å². The molecule has 1 atom stereocenters. The summed E-state index contributed by atoms with van der Waals surface area (Å²) < 4.78 is 19.0. The van der Waals surface area contributed by atoms with Crippen molar-refractivity contribution in [2.24, 2.45) is 0 Å². The molecule has 0 bridgehead atoms. The Kier molecular flexibility index (Phi) is 6.76. The molecule has 0 aliphatic carbocycles. The number of carboxylic acids is 1. The van der Waals surface area contributed by atoms with Crippen molar-refractivity contribution in [2.75, 3.05) is 0 Å². The quantitative estimate of drug-likeness (QED) is 0.621. The molecule has 0 saturated carbocycles. The average Bonchev–Trinajstić information content (AvgIpc) is 2.71. The zero-order valence-electron chi connectivity index (χ0n) is 15.4. The van der Waals surface area contributed by atoms with E-state index in [0.717, 1.165) is 22.4 Å². The molecular formula is C23H22FNO3. The smallest absolute Gasteiger partial charge is 0.123 e. The van der Waals surface area contributed by atoms with Crippen molar-refractivity contribution >= 4 is 5.97 Å². The lowest BCUT2D eigenvalue weighted by atomic mass is 10.0. The fourth-order valence-corrected chi connectivity index (χ4v) is 3.01. The Hall–Kier alpha value is -3.18. The molecule has 0 aliphatic heterocycles. The van der Waals surface area contributed by atoms with Gasteiger partial charge in [0.1, 0.15) is 30.8 Å². The van der Waals surface area contributed by atoms with Crippen LogP contribution in [0.4, 0.5) is 4.39 Å². The first-order valence-electron chi connectivity index (χ1n) is 9.14. The van der Waals surface area contributed by atoms with Gasteiger partial charge in [-0.05, 0) is 29.8 Å². The van der Waals surface area contributed by atoms with E-state index in [9.17, 15) is 14.3 Å². The summed E-state index contributed by atoms with van der Waals surface area (Å²) in [5.41, 5.74) is 2.85. The monoisotopic (exact) mass is 379 g/mol. The van der Waals surface area contributed by atoms with E-state index in [1.807, 2.05) is 59.9 Å². The number of hydrogen-bond acceptors (Lipinski definition) is 3. The van der Waals surface area contributed by atoms with E-state index >= 15 is 0 Å². The maximum absolute atomic E-state index is 13.2. The number of ether oxygens (including phenoxy) is 1. The number of quaternary nitrogens is 1. The largest absolute Gasteiger partial charge is 0.550 e. The van der Waals surface area contributed by atoms with Gasteiger partial charge in [-0.2, -0.15) is 0 Å². The van der Waals surface area contributed by atoms with E-state index in [2.05, 4.69) is 0 Å². The summed E-state index contributed by atoms with van der Waals surface area (Å²) >= 11 is 0. The van der Waals surface area contributed by atoms with Gasteiger partial charge in [-0.25, -0.2) is 4.39 Å². The van der Waals surface area contributed by atoms with Crippen molar-refractivity contribution in [3.63, 3.8) is 0 Å². The van der Waals surface area contributed by atoms with Crippen molar-refractivity contribution in [3.8, 4) is 5.75 Å². The number of nitrogens with two attached hydrogens (primary N) is 1. The molecule has 0 radical (unpaired) electrons. The van der Waals surface area contributed by atoms with Gasteiger partial charge in [0.05, 0.1) is 0 Å². The highest BCUT2D eigenvalue weighted by Gasteiger charge is 2.15. The number of benzene rings is 3. The maximum atomic E-state index is 13.2. The van der Waals surface area contributed by atoms with Crippen LogP contribution in [-0.2, 0) is 17.9 Å². The van der Waals surface area contributed by atoms with E-state index in [0.29, 0.717) is 13.2 Å². The molecule has 3 aromatic carbocycles. The predicted octanol–water partition coefficient (Wildman–Crippen LogP) is 2.35. The second kappa shape index (κ2) is 9.67. The second-order valence-electron chi connectivity index (χ2n) is 6.60. The van der Waals surface area contributed by atoms with Crippen LogP contribution in [0.15, 0.2) is 78.9 Å². The first-order chi connectivity index (χ1) is 13.6. The summed E-state index contributed by atoms with van der Waals surface area (Å²) in [5.74, 6) is -0.724. The molecule has 0 saturated heterocycles. The van der Waals surface area contributed by atoms with Crippen LogP contribution in [0.2, 0.25) is 0 Å². The van der Waals surface area contributed by atoms with Crippen molar-refractivity contribution in [3.05, 3.63) is 101 Å². The van der Waals surface area contributed by atoms with Gasteiger partial charge in [-0.3, -0.25) is 0 Å². The Balaban J connectivity index is 1.63. The Morgan fingerprint density at radius 3 is 2.39 bits per heavy atom. The van der Waals surface area contributed by atoms with Crippen molar-refractivity contribution < 1.29 is 24.3 Å². The van der Waals surface area contributed by atoms with E-state index in [4.69, 9.17) is 4.74 Å². The molecule has 0 amide bonds. The van der Waals surface area contributed by atoms with Gasteiger partial charge in [0, 0.05) is 23.5 Å². The molecule has 1 unspecified atom stereocenters. The number of hydrogen-bond donors (Lipinski definition) is 1. The molecule has 5 heteroatoms. The number of halogens is 1.